The van der Waals surface area contributed by atoms with E-state index in [2.05, 4.69) is 25.3 Å². The van der Waals surface area contributed by atoms with Gasteiger partial charge in [0.25, 0.3) is 0 Å². The predicted molar refractivity (Wildman–Crippen MR) is 51.2 cm³/mol. The van der Waals surface area contributed by atoms with Crippen LogP contribution in [0.3, 0.4) is 0 Å². The number of hydrogen-bond donors (Lipinski definition) is 0. The number of allylic oxidation sites excluding steroid dienone is 2. The van der Waals surface area contributed by atoms with Crippen LogP contribution in [-0.4, -0.2) is 15.0 Å². The zero-order chi connectivity index (χ0) is 8.10. The van der Waals surface area contributed by atoms with E-state index in [9.17, 15) is 0 Å². The maximum absolute atomic E-state index is 3.88. The maximum atomic E-state index is 3.88. The molecule has 0 aliphatic carbocycles. The third-order valence-corrected chi connectivity index (χ3v) is 3.19. The van der Waals surface area contributed by atoms with E-state index in [1.165, 1.54) is 4.46 Å². The van der Waals surface area contributed by atoms with Gasteiger partial charge in [-0.2, -0.15) is 0 Å². The Morgan fingerprint density at radius 1 is 1.27 bits per heavy atom. The van der Waals surface area contributed by atoms with E-state index >= 15 is 0 Å². The molecule has 0 atom stereocenters. The van der Waals surface area contributed by atoms with Gasteiger partial charge in [0.1, 0.15) is 0 Å². The molecule has 56 valence electrons. The fourth-order valence-electron chi connectivity index (χ4n) is 0.682. The van der Waals surface area contributed by atoms with Crippen molar-refractivity contribution in [3.63, 3.8) is 0 Å². The summed E-state index contributed by atoms with van der Waals surface area (Å²) in [4.78, 5) is 0. The van der Waals surface area contributed by atoms with E-state index in [1.807, 2.05) is 24.3 Å². The minimum absolute atomic E-state index is 0.364. The normalized spacial score (nSPS) is 9.09. The summed E-state index contributed by atoms with van der Waals surface area (Å²) in [7, 11) is 0. The summed E-state index contributed by atoms with van der Waals surface area (Å²) in [6.07, 6.45) is 1.83. The predicted octanol–water partition coefficient (Wildman–Crippen LogP) is 1.72. The molecular weight excluding hydrogens is 199 g/mol. The van der Waals surface area contributed by atoms with Crippen LogP contribution in [0.4, 0.5) is 0 Å². The van der Waals surface area contributed by atoms with Gasteiger partial charge in [-0.1, -0.05) is 0 Å². The van der Waals surface area contributed by atoms with Gasteiger partial charge in [0.2, 0.25) is 0 Å². The molecule has 1 rings (SSSR count). The minimum atomic E-state index is 0.364. The first kappa shape index (κ1) is 8.32. The Bertz CT molecular complexity index is 249. The number of benzene rings is 1. The van der Waals surface area contributed by atoms with E-state index < -0.39 is 0 Å². The first-order valence-corrected chi connectivity index (χ1v) is 5.08. The fraction of sp³-hybridized carbons (Fsp3) is 0. The molecule has 0 saturated carbocycles. The topological polar surface area (TPSA) is 0 Å². The van der Waals surface area contributed by atoms with Crippen molar-refractivity contribution in [2.75, 3.05) is 0 Å². The number of rotatable bonds is 3. The summed E-state index contributed by atoms with van der Waals surface area (Å²) in [5, 5.41) is 0. The van der Waals surface area contributed by atoms with Crippen LogP contribution < -0.4 is 4.46 Å². The van der Waals surface area contributed by atoms with Crippen molar-refractivity contribution in [2.24, 2.45) is 0 Å². The molecule has 0 spiro atoms. The molecule has 1 aromatic carbocycles. The molecule has 0 N–H and O–H groups in total. The van der Waals surface area contributed by atoms with Crippen LogP contribution in [-0.2, 0) is 0 Å². The van der Waals surface area contributed by atoms with Crippen LogP contribution in [0.5, 0.6) is 0 Å². The molecule has 0 aromatic heterocycles. The van der Waals surface area contributed by atoms with Gasteiger partial charge >= 0.3 is 73.5 Å². The molecule has 0 radical (unpaired) electrons. The van der Waals surface area contributed by atoms with Gasteiger partial charge < -0.3 is 0 Å². The molecule has 11 heavy (non-hydrogen) atoms. The van der Waals surface area contributed by atoms with Crippen LogP contribution >= 0.6 is 0 Å². The van der Waals surface area contributed by atoms with Crippen LogP contribution in [0.2, 0.25) is 0 Å². The summed E-state index contributed by atoms with van der Waals surface area (Å²) >= 11 is 0.364. The Labute approximate surface area is 73.8 Å². The summed E-state index contributed by atoms with van der Waals surface area (Å²) in [6.45, 7) is 7.55. The van der Waals surface area contributed by atoms with Crippen molar-refractivity contribution in [1.29, 1.82) is 0 Å². The first-order valence-electron chi connectivity index (χ1n) is 3.37. The second-order valence-corrected chi connectivity index (χ2v) is 4.60. The zero-order valence-electron chi connectivity index (χ0n) is 6.29. The zero-order valence-corrected chi connectivity index (χ0v) is 8.00. The second kappa shape index (κ2) is 4.17. The van der Waals surface area contributed by atoms with Crippen LogP contribution in [0.1, 0.15) is 0 Å². The molecule has 0 aliphatic heterocycles. The van der Waals surface area contributed by atoms with Crippen molar-refractivity contribution < 1.29 is 0 Å². The Balaban J connectivity index is 2.65. The molecule has 0 amide bonds. The monoisotopic (exact) mass is 210 g/mol. The van der Waals surface area contributed by atoms with Gasteiger partial charge in [-0.05, 0) is 0 Å². The summed E-state index contributed by atoms with van der Waals surface area (Å²) in [5.41, 5.74) is 0. The third kappa shape index (κ3) is 2.75. The van der Waals surface area contributed by atoms with E-state index in [-0.39, 0.29) is 0 Å². The summed E-state index contributed by atoms with van der Waals surface area (Å²) < 4.78 is 2.48. The molecule has 1 heteroatoms. The van der Waals surface area contributed by atoms with Crippen LogP contribution in [0, 0.1) is 0 Å². The Morgan fingerprint density at radius 2 is 1.91 bits per heavy atom. The molecule has 1 aromatic rings. The van der Waals surface area contributed by atoms with Gasteiger partial charge in [-0.3, -0.25) is 0 Å². The summed E-state index contributed by atoms with van der Waals surface area (Å²) in [5.74, 6) is 0. The Morgan fingerprint density at radius 3 is 2.45 bits per heavy atom. The van der Waals surface area contributed by atoms with E-state index in [4.69, 9.17) is 0 Å². The van der Waals surface area contributed by atoms with Gasteiger partial charge in [0.15, 0.2) is 0 Å². The van der Waals surface area contributed by atoms with Crippen molar-refractivity contribution in [1.82, 2.24) is 0 Å². The quantitative estimate of drug-likeness (QED) is 0.525. The van der Waals surface area contributed by atoms with E-state index in [0.29, 0.717) is 15.0 Å². The Kier molecular flexibility index (Phi) is 3.15. The van der Waals surface area contributed by atoms with Crippen molar-refractivity contribution in [2.45, 2.75) is 0 Å². The van der Waals surface area contributed by atoms with Crippen molar-refractivity contribution >= 4 is 19.4 Å². The standard InChI is InChI=1S/C10H10Se/c1-3-9(2)11-10-7-5-4-6-8-10/h3-8H,1-2H2. The summed E-state index contributed by atoms with van der Waals surface area (Å²) in [6, 6.07) is 10.4. The first-order chi connectivity index (χ1) is 5.33. The molecule has 0 nitrogen and oxygen atoms in total. The van der Waals surface area contributed by atoms with Crippen molar-refractivity contribution in [3.05, 3.63) is 54.0 Å². The molecule has 0 saturated heterocycles. The van der Waals surface area contributed by atoms with Gasteiger partial charge in [-0.15, -0.1) is 0 Å². The molecule has 0 unspecified atom stereocenters. The van der Waals surface area contributed by atoms with Crippen LogP contribution in [0.15, 0.2) is 54.0 Å². The third-order valence-electron chi connectivity index (χ3n) is 1.22. The average Bonchev–Trinajstić information content (AvgIpc) is 2.06. The molecule has 0 aliphatic rings. The molecule has 0 bridgehead atoms. The molecule has 0 heterocycles. The van der Waals surface area contributed by atoms with Crippen LogP contribution in [0.25, 0.3) is 0 Å². The molecular formula is C10H10Se. The van der Waals surface area contributed by atoms with Gasteiger partial charge in [0.05, 0.1) is 0 Å². The van der Waals surface area contributed by atoms with E-state index in [1.54, 1.807) is 0 Å². The number of hydrogen-bond acceptors (Lipinski definition) is 0. The van der Waals surface area contributed by atoms with E-state index in [0.717, 1.165) is 4.47 Å². The second-order valence-electron chi connectivity index (χ2n) is 2.09. The Hall–Kier alpha value is -0.781. The fourth-order valence-corrected chi connectivity index (χ4v) is 2.11. The molecule has 0 fully saturated rings. The average molecular weight is 209 g/mol. The van der Waals surface area contributed by atoms with Gasteiger partial charge in [-0.25, -0.2) is 0 Å². The van der Waals surface area contributed by atoms with Crippen molar-refractivity contribution in [3.8, 4) is 0 Å². The van der Waals surface area contributed by atoms with Gasteiger partial charge in [0, 0.05) is 0 Å². The SMILES string of the molecule is C=CC(=C)[Se]c1ccccc1.